The predicted octanol–water partition coefficient (Wildman–Crippen LogP) is 1.47. The summed E-state index contributed by atoms with van der Waals surface area (Å²) in [6.45, 7) is 0.340. The summed E-state index contributed by atoms with van der Waals surface area (Å²) >= 11 is 1.98. The Morgan fingerprint density at radius 2 is 2.09 bits per heavy atom. The molecule has 4 N–H and O–H groups in total. The Morgan fingerprint density at radius 3 is 2.55 bits per heavy atom. The van der Waals surface area contributed by atoms with E-state index < -0.39 is 5.82 Å². The smallest absolute Gasteiger partial charge is 0.147 e. The van der Waals surface area contributed by atoms with E-state index in [9.17, 15) is 4.39 Å². The first-order valence-electron chi connectivity index (χ1n) is 3.08. The lowest BCUT2D eigenvalue weighted by Crippen LogP contribution is -2.01. The van der Waals surface area contributed by atoms with Crippen LogP contribution in [0.4, 0.5) is 10.1 Å². The molecule has 0 aliphatic rings. The Bertz CT molecular complexity index is 252. The first kappa shape index (κ1) is 8.73. The molecule has 0 atom stereocenters. The molecule has 0 bridgehead atoms. The first-order valence-corrected chi connectivity index (χ1v) is 4.16. The minimum atomic E-state index is -0.391. The summed E-state index contributed by atoms with van der Waals surface area (Å²) in [5.41, 5.74) is 11.7. The highest BCUT2D eigenvalue weighted by molar-refractivity contribution is 14.1. The van der Waals surface area contributed by atoms with E-state index in [-0.39, 0.29) is 5.69 Å². The van der Waals surface area contributed by atoms with Gasteiger partial charge in [0, 0.05) is 10.1 Å². The number of benzene rings is 1. The second-order valence-corrected chi connectivity index (χ2v) is 3.34. The van der Waals surface area contributed by atoms with Crippen LogP contribution in [0.2, 0.25) is 0 Å². The fraction of sp³-hybridized carbons (Fsp3) is 0.143. The van der Waals surface area contributed by atoms with Crippen LogP contribution >= 0.6 is 22.6 Å². The van der Waals surface area contributed by atoms with E-state index >= 15 is 0 Å². The highest BCUT2D eigenvalue weighted by Crippen LogP contribution is 2.20. The van der Waals surface area contributed by atoms with Crippen LogP contribution in [-0.2, 0) is 6.54 Å². The van der Waals surface area contributed by atoms with Gasteiger partial charge in [0.1, 0.15) is 5.82 Å². The average Bonchev–Trinajstić information content (AvgIpc) is 1.99. The van der Waals surface area contributed by atoms with E-state index in [0.717, 1.165) is 5.56 Å². The molecule has 0 spiro atoms. The lowest BCUT2D eigenvalue weighted by molar-refractivity contribution is 0.629. The SMILES string of the molecule is NCc1cc(F)c(N)c(I)c1. The van der Waals surface area contributed by atoms with Crippen molar-refractivity contribution in [3.63, 3.8) is 0 Å². The summed E-state index contributed by atoms with van der Waals surface area (Å²) in [4.78, 5) is 0. The molecule has 0 aliphatic carbocycles. The van der Waals surface area contributed by atoms with Gasteiger partial charge >= 0.3 is 0 Å². The van der Waals surface area contributed by atoms with Gasteiger partial charge in [0.15, 0.2) is 0 Å². The molecule has 11 heavy (non-hydrogen) atoms. The van der Waals surface area contributed by atoms with E-state index in [4.69, 9.17) is 11.5 Å². The first-order chi connectivity index (χ1) is 5.15. The van der Waals surface area contributed by atoms with Crippen LogP contribution in [0, 0.1) is 9.39 Å². The minimum Gasteiger partial charge on any atom is -0.395 e. The molecule has 0 fully saturated rings. The monoisotopic (exact) mass is 266 g/mol. The number of nitrogens with two attached hydrogens (primary N) is 2. The van der Waals surface area contributed by atoms with Gasteiger partial charge in [-0.3, -0.25) is 0 Å². The second kappa shape index (κ2) is 3.36. The van der Waals surface area contributed by atoms with Crippen LogP contribution < -0.4 is 11.5 Å². The number of nitrogen functional groups attached to an aromatic ring is 1. The summed E-state index contributed by atoms with van der Waals surface area (Å²) in [7, 11) is 0. The van der Waals surface area contributed by atoms with Crippen molar-refractivity contribution < 1.29 is 4.39 Å². The summed E-state index contributed by atoms with van der Waals surface area (Å²) in [6.07, 6.45) is 0. The molecular formula is C7H8FIN2. The normalized spacial score (nSPS) is 10.1. The van der Waals surface area contributed by atoms with Crippen molar-refractivity contribution in [2.24, 2.45) is 5.73 Å². The van der Waals surface area contributed by atoms with Crippen LogP contribution in [0.1, 0.15) is 5.56 Å². The molecule has 0 amide bonds. The van der Waals surface area contributed by atoms with E-state index in [1.807, 2.05) is 22.6 Å². The Hall–Kier alpha value is -0.360. The van der Waals surface area contributed by atoms with E-state index in [1.165, 1.54) is 6.07 Å². The third-order valence-corrected chi connectivity index (χ3v) is 2.27. The molecule has 0 aliphatic heterocycles. The fourth-order valence-corrected chi connectivity index (χ4v) is 1.41. The molecule has 2 nitrogen and oxygen atoms in total. The quantitative estimate of drug-likeness (QED) is 0.597. The van der Waals surface area contributed by atoms with Crippen LogP contribution in [0.15, 0.2) is 12.1 Å². The minimum absolute atomic E-state index is 0.197. The summed E-state index contributed by atoms with van der Waals surface area (Å²) in [5, 5.41) is 0. The highest BCUT2D eigenvalue weighted by Gasteiger charge is 2.03. The summed E-state index contributed by atoms with van der Waals surface area (Å²) in [5.74, 6) is -0.391. The van der Waals surface area contributed by atoms with Gasteiger partial charge in [-0.25, -0.2) is 4.39 Å². The van der Waals surface area contributed by atoms with Gasteiger partial charge in [-0.05, 0) is 40.3 Å². The van der Waals surface area contributed by atoms with E-state index in [0.29, 0.717) is 10.1 Å². The maximum Gasteiger partial charge on any atom is 0.147 e. The van der Waals surface area contributed by atoms with Crippen molar-refractivity contribution in [2.45, 2.75) is 6.54 Å². The zero-order valence-corrected chi connectivity index (χ0v) is 7.93. The molecule has 1 rings (SSSR count). The summed E-state index contributed by atoms with van der Waals surface area (Å²) < 4.78 is 13.6. The van der Waals surface area contributed by atoms with Gasteiger partial charge in [0.05, 0.1) is 5.69 Å². The molecule has 60 valence electrons. The van der Waals surface area contributed by atoms with Crippen molar-refractivity contribution in [3.05, 3.63) is 27.1 Å². The molecule has 1 aromatic rings. The van der Waals surface area contributed by atoms with Crippen molar-refractivity contribution in [1.29, 1.82) is 0 Å². The van der Waals surface area contributed by atoms with Gasteiger partial charge < -0.3 is 11.5 Å². The van der Waals surface area contributed by atoms with Crippen molar-refractivity contribution in [1.82, 2.24) is 0 Å². The largest absolute Gasteiger partial charge is 0.395 e. The standard InChI is InChI=1S/C7H8FIN2/c8-5-1-4(3-10)2-6(9)7(5)11/h1-2H,3,10-11H2. The Labute approximate surface area is 77.9 Å². The predicted molar refractivity (Wildman–Crippen MR) is 51.4 cm³/mol. The van der Waals surface area contributed by atoms with Gasteiger partial charge in [-0.1, -0.05) is 0 Å². The molecule has 1 aromatic carbocycles. The fourth-order valence-electron chi connectivity index (χ4n) is 0.755. The van der Waals surface area contributed by atoms with Crippen LogP contribution in [0.3, 0.4) is 0 Å². The number of anilines is 1. The highest BCUT2D eigenvalue weighted by atomic mass is 127. The van der Waals surface area contributed by atoms with Gasteiger partial charge in [0.2, 0.25) is 0 Å². The van der Waals surface area contributed by atoms with E-state index in [1.54, 1.807) is 6.07 Å². The van der Waals surface area contributed by atoms with Crippen LogP contribution in [0.25, 0.3) is 0 Å². The molecule has 4 heteroatoms. The van der Waals surface area contributed by atoms with Gasteiger partial charge in [-0.15, -0.1) is 0 Å². The van der Waals surface area contributed by atoms with Crippen LogP contribution in [-0.4, -0.2) is 0 Å². The van der Waals surface area contributed by atoms with Gasteiger partial charge in [0.25, 0.3) is 0 Å². The Kier molecular flexibility index (Phi) is 2.67. The molecule has 0 saturated carbocycles. The number of halogens is 2. The molecule has 0 radical (unpaired) electrons. The lowest BCUT2D eigenvalue weighted by atomic mass is 10.2. The maximum absolute atomic E-state index is 12.8. The molecule has 0 heterocycles. The van der Waals surface area contributed by atoms with Crippen molar-refractivity contribution >= 4 is 28.3 Å². The lowest BCUT2D eigenvalue weighted by Gasteiger charge is -2.02. The molecular weight excluding hydrogens is 258 g/mol. The van der Waals surface area contributed by atoms with Crippen molar-refractivity contribution in [3.8, 4) is 0 Å². The Morgan fingerprint density at radius 1 is 1.45 bits per heavy atom. The number of rotatable bonds is 1. The number of hydrogen-bond donors (Lipinski definition) is 2. The maximum atomic E-state index is 12.8. The Balaban J connectivity index is 3.21. The molecule has 0 saturated heterocycles. The zero-order chi connectivity index (χ0) is 8.43. The summed E-state index contributed by atoms with van der Waals surface area (Å²) in [6, 6.07) is 3.14. The zero-order valence-electron chi connectivity index (χ0n) is 5.77. The van der Waals surface area contributed by atoms with Crippen molar-refractivity contribution in [2.75, 3.05) is 5.73 Å². The third kappa shape index (κ3) is 1.81. The topological polar surface area (TPSA) is 52.0 Å². The molecule has 0 aromatic heterocycles. The second-order valence-electron chi connectivity index (χ2n) is 2.18. The average molecular weight is 266 g/mol. The van der Waals surface area contributed by atoms with Gasteiger partial charge in [-0.2, -0.15) is 0 Å². The molecule has 0 unspecified atom stereocenters. The number of hydrogen-bond acceptors (Lipinski definition) is 2. The van der Waals surface area contributed by atoms with E-state index in [2.05, 4.69) is 0 Å². The van der Waals surface area contributed by atoms with Crippen LogP contribution in [0.5, 0.6) is 0 Å². The third-order valence-electron chi connectivity index (χ3n) is 1.37.